The minimum absolute atomic E-state index is 0.679. The summed E-state index contributed by atoms with van der Waals surface area (Å²) in [6, 6.07) is 0. The quantitative estimate of drug-likeness (QED) is 0.292. The predicted molar refractivity (Wildman–Crippen MR) is 75.5 cm³/mol. The van der Waals surface area contributed by atoms with E-state index in [2.05, 4.69) is 29.5 Å². The highest BCUT2D eigenvalue weighted by molar-refractivity contribution is 14.1. The van der Waals surface area contributed by atoms with Gasteiger partial charge in [-0.15, -0.1) is 0 Å². The maximum Gasteiger partial charge on any atom is 0.0701 e. The van der Waals surface area contributed by atoms with Gasteiger partial charge in [0, 0.05) is 13.2 Å². The average Bonchev–Trinajstić information content (AvgIpc) is 2.31. The van der Waals surface area contributed by atoms with Crippen molar-refractivity contribution >= 4 is 22.6 Å². The average molecular weight is 344 g/mol. The first-order valence-electron chi connectivity index (χ1n) is 6.21. The SMILES string of the molecule is CCCOCCOCCOCCCCCI. The van der Waals surface area contributed by atoms with E-state index in [9.17, 15) is 0 Å². The van der Waals surface area contributed by atoms with Crippen molar-refractivity contribution < 1.29 is 14.2 Å². The molecule has 0 amide bonds. The van der Waals surface area contributed by atoms with Gasteiger partial charge in [0.2, 0.25) is 0 Å². The fraction of sp³-hybridized carbons (Fsp3) is 1.00. The Bertz CT molecular complexity index is 109. The molecule has 0 bridgehead atoms. The second kappa shape index (κ2) is 15.6. The van der Waals surface area contributed by atoms with Crippen LogP contribution in [0.2, 0.25) is 0 Å². The van der Waals surface area contributed by atoms with Crippen molar-refractivity contribution in [2.45, 2.75) is 32.6 Å². The highest BCUT2D eigenvalue weighted by Gasteiger charge is 1.91. The maximum atomic E-state index is 5.44. The molecule has 16 heavy (non-hydrogen) atoms. The van der Waals surface area contributed by atoms with Gasteiger partial charge in [-0.25, -0.2) is 0 Å². The van der Waals surface area contributed by atoms with Crippen LogP contribution in [0.25, 0.3) is 0 Å². The minimum Gasteiger partial charge on any atom is -0.379 e. The largest absolute Gasteiger partial charge is 0.379 e. The summed E-state index contributed by atoms with van der Waals surface area (Å²) >= 11 is 2.41. The molecular formula is C12H25IO3. The van der Waals surface area contributed by atoms with Crippen molar-refractivity contribution in [2.24, 2.45) is 0 Å². The van der Waals surface area contributed by atoms with Gasteiger partial charge in [-0.3, -0.25) is 0 Å². The molecule has 0 aromatic heterocycles. The number of alkyl halides is 1. The number of hydrogen-bond acceptors (Lipinski definition) is 3. The van der Waals surface area contributed by atoms with Crippen molar-refractivity contribution in [2.75, 3.05) is 44.1 Å². The molecule has 3 nitrogen and oxygen atoms in total. The summed E-state index contributed by atoms with van der Waals surface area (Å²) in [5, 5.41) is 0. The van der Waals surface area contributed by atoms with Crippen molar-refractivity contribution in [1.29, 1.82) is 0 Å². The highest BCUT2D eigenvalue weighted by atomic mass is 127. The minimum atomic E-state index is 0.679. The van der Waals surface area contributed by atoms with E-state index < -0.39 is 0 Å². The Hall–Kier alpha value is 0.610. The van der Waals surface area contributed by atoms with Crippen molar-refractivity contribution in [3.63, 3.8) is 0 Å². The van der Waals surface area contributed by atoms with E-state index in [0.717, 1.165) is 19.6 Å². The van der Waals surface area contributed by atoms with Crippen LogP contribution in [-0.4, -0.2) is 44.1 Å². The molecule has 0 atom stereocenters. The molecular weight excluding hydrogens is 319 g/mol. The molecule has 0 aliphatic heterocycles. The molecule has 0 spiro atoms. The lowest BCUT2D eigenvalue weighted by Crippen LogP contribution is -2.10. The summed E-state index contributed by atoms with van der Waals surface area (Å²) in [7, 11) is 0. The van der Waals surface area contributed by atoms with Gasteiger partial charge < -0.3 is 14.2 Å². The number of rotatable bonds is 13. The standard InChI is InChI=1S/C12H25IO3/c1-2-7-14-9-11-16-12-10-15-8-5-3-4-6-13/h2-12H2,1H3. The Morgan fingerprint density at radius 1 is 0.688 bits per heavy atom. The zero-order chi connectivity index (χ0) is 11.9. The third kappa shape index (κ3) is 14.6. The normalized spacial score (nSPS) is 10.9. The molecule has 0 radical (unpaired) electrons. The molecule has 0 aromatic carbocycles. The number of ether oxygens (including phenoxy) is 3. The van der Waals surface area contributed by atoms with Gasteiger partial charge in [0.1, 0.15) is 0 Å². The van der Waals surface area contributed by atoms with Crippen LogP contribution in [0.4, 0.5) is 0 Å². The Balaban J connectivity index is 2.83. The first-order valence-corrected chi connectivity index (χ1v) is 7.73. The van der Waals surface area contributed by atoms with E-state index in [1.54, 1.807) is 0 Å². The molecule has 98 valence electrons. The molecule has 0 aliphatic carbocycles. The maximum absolute atomic E-state index is 5.44. The van der Waals surface area contributed by atoms with E-state index in [4.69, 9.17) is 14.2 Å². The van der Waals surface area contributed by atoms with Crippen molar-refractivity contribution in [3.8, 4) is 0 Å². The lowest BCUT2D eigenvalue weighted by molar-refractivity contribution is 0.0140. The van der Waals surface area contributed by atoms with Gasteiger partial charge in [0.25, 0.3) is 0 Å². The van der Waals surface area contributed by atoms with E-state index >= 15 is 0 Å². The molecule has 0 N–H and O–H groups in total. The summed E-state index contributed by atoms with van der Waals surface area (Å²) in [5.74, 6) is 0. The van der Waals surface area contributed by atoms with E-state index in [1.165, 1.54) is 23.7 Å². The lowest BCUT2D eigenvalue weighted by atomic mass is 10.3. The van der Waals surface area contributed by atoms with E-state index in [-0.39, 0.29) is 0 Å². The summed E-state index contributed by atoms with van der Waals surface area (Å²) in [6.45, 7) is 6.57. The first-order chi connectivity index (χ1) is 7.91. The molecule has 0 fully saturated rings. The van der Waals surface area contributed by atoms with Crippen LogP contribution in [0.1, 0.15) is 32.6 Å². The van der Waals surface area contributed by atoms with Gasteiger partial charge >= 0.3 is 0 Å². The van der Waals surface area contributed by atoms with Gasteiger partial charge in [-0.1, -0.05) is 35.9 Å². The van der Waals surface area contributed by atoms with Crippen LogP contribution in [0, 0.1) is 0 Å². The number of hydrogen-bond donors (Lipinski definition) is 0. The fourth-order valence-electron chi connectivity index (χ4n) is 1.16. The first kappa shape index (κ1) is 16.6. The fourth-order valence-corrected chi connectivity index (χ4v) is 1.70. The molecule has 0 unspecified atom stereocenters. The molecule has 0 aliphatic rings. The van der Waals surface area contributed by atoms with Gasteiger partial charge in [0.05, 0.1) is 26.4 Å². The zero-order valence-electron chi connectivity index (χ0n) is 10.4. The van der Waals surface area contributed by atoms with Crippen LogP contribution >= 0.6 is 22.6 Å². The molecule has 0 saturated carbocycles. The molecule has 4 heteroatoms. The van der Waals surface area contributed by atoms with Gasteiger partial charge in [-0.05, 0) is 23.7 Å². The second-order valence-electron chi connectivity index (χ2n) is 3.59. The van der Waals surface area contributed by atoms with Crippen LogP contribution in [0.15, 0.2) is 0 Å². The van der Waals surface area contributed by atoms with Crippen LogP contribution in [0.5, 0.6) is 0 Å². The summed E-state index contributed by atoms with van der Waals surface area (Å²) in [5.41, 5.74) is 0. The van der Waals surface area contributed by atoms with E-state index in [1.807, 2.05) is 0 Å². The Morgan fingerprint density at radius 2 is 1.25 bits per heavy atom. The topological polar surface area (TPSA) is 27.7 Å². The second-order valence-corrected chi connectivity index (χ2v) is 4.67. The van der Waals surface area contributed by atoms with Crippen LogP contribution in [-0.2, 0) is 14.2 Å². The van der Waals surface area contributed by atoms with Crippen LogP contribution < -0.4 is 0 Å². The highest BCUT2D eigenvalue weighted by Crippen LogP contribution is 1.98. The third-order valence-electron chi connectivity index (χ3n) is 2.01. The molecule has 0 rings (SSSR count). The summed E-state index contributed by atoms with van der Waals surface area (Å²) in [4.78, 5) is 0. The molecule has 0 aromatic rings. The van der Waals surface area contributed by atoms with Gasteiger partial charge in [0.15, 0.2) is 0 Å². The summed E-state index contributed by atoms with van der Waals surface area (Å²) in [6.07, 6.45) is 4.81. The Labute approximate surface area is 113 Å². The smallest absolute Gasteiger partial charge is 0.0701 e. The third-order valence-corrected chi connectivity index (χ3v) is 2.78. The van der Waals surface area contributed by atoms with E-state index in [0.29, 0.717) is 26.4 Å². The number of halogens is 1. The number of unbranched alkanes of at least 4 members (excludes halogenated alkanes) is 2. The lowest BCUT2D eigenvalue weighted by Gasteiger charge is -2.06. The van der Waals surface area contributed by atoms with Crippen molar-refractivity contribution in [1.82, 2.24) is 0 Å². The molecule has 0 saturated heterocycles. The van der Waals surface area contributed by atoms with Gasteiger partial charge in [-0.2, -0.15) is 0 Å². The monoisotopic (exact) mass is 344 g/mol. The summed E-state index contributed by atoms with van der Waals surface area (Å²) < 4.78 is 17.3. The molecule has 0 heterocycles. The van der Waals surface area contributed by atoms with Crippen LogP contribution in [0.3, 0.4) is 0 Å². The Morgan fingerprint density at radius 3 is 1.81 bits per heavy atom. The van der Waals surface area contributed by atoms with Crippen molar-refractivity contribution in [3.05, 3.63) is 0 Å². The predicted octanol–water partition coefficient (Wildman–Crippen LogP) is 3.05. The Kier molecular flexibility index (Phi) is 16.2. The zero-order valence-corrected chi connectivity index (χ0v) is 12.5.